The van der Waals surface area contributed by atoms with Gasteiger partial charge in [-0.1, -0.05) is 60.2 Å². The number of hydrogen-bond acceptors (Lipinski definition) is 4. The Balaban J connectivity index is 1.44. The van der Waals surface area contributed by atoms with Crippen LogP contribution >= 0.6 is 0 Å². The van der Waals surface area contributed by atoms with Crippen LogP contribution in [0.3, 0.4) is 0 Å². The number of carbonyl (C=O) groups excluding carboxylic acids is 2. The van der Waals surface area contributed by atoms with Gasteiger partial charge in [0.05, 0.1) is 12.6 Å². The number of piperazine rings is 1. The van der Waals surface area contributed by atoms with Crippen molar-refractivity contribution in [1.29, 1.82) is 0 Å². The van der Waals surface area contributed by atoms with Gasteiger partial charge in [-0.05, 0) is 31.4 Å². The molecule has 1 heterocycles. The first-order valence-electron chi connectivity index (χ1n) is 10.3. The summed E-state index contributed by atoms with van der Waals surface area (Å²) in [7, 11) is 0. The van der Waals surface area contributed by atoms with Crippen LogP contribution in [0, 0.1) is 6.92 Å². The Labute approximate surface area is 173 Å². The van der Waals surface area contributed by atoms with Crippen molar-refractivity contribution in [2.45, 2.75) is 32.9 Å². The van der Waals surface area contributed by atoms with Gasteiger partial charge < -0.3 is 5.32 Å². The Morgan fingerprint density at radius 2 is 1.59 bits per heavy atom. The van der Waals surface area contributed by atoms with Crippen molar-refractivity contribution in [2.24, 2.45) is 0 Å². The Hall–Kier alpha value is -2.50. The van der Waals surface area contributed by atoms with E-state index in [-0.39, 0.29) is 11.7 Å². The van der Waals surface area contributed by atoms with E-state index < -0.39 is 6.04 Å². The van der Waals surface area contributed by atoms with Crippen LogP contribution in [0.25, 0.3) is 0 Å². The number of hydrogen-bond donors (Lipinski definition) is 1. The molecule has 0 bridgehead atoms. The molecule has 1 saturated heterocycles. The average molecular weight is 394 g/mol. The average Bonchev–Trinajstić information content (AvgIpc) is 2.70. The van der Waals surface area contributed by atoms with Gasteiger partial charge in [0.25, 0.3) is 0 Å². The Bertz CT molecular complexity index is 814. The molecule has 1 unspecified atom stereocenters. The molecule has 1 aliphatic rings. The summed E-state index contributed by atoms with van der Waals surface area (Å²) in [6, 6.07) is 18.0. The molecule has 1 atom stereocenters. The molecular formula is C24H31N3O2. The van der Waals surface area contributed by atoms with Crippen LogP contribution in [0.4, 0.5) is 0 Å². The van der Waals surface area contributed by atoms with E-state index in [2.05, 4.69) is 46.3 Å². The molecule has 0 aliphatic carbocycles. The number of ketones is 1. The molecule has 1 aliphatic heterocycles. The Morgan fingerprint density at radius 3 is 2.24 bits per heavy atom. The third-order valence-electron chi connectivity index (χ3n) is 5.43. The molecule has 0 saturated carbocycles. The van der Waals surface area contributed by atoms with Crippen LogP contribution < -0.4 is 5.32 Å². The molecule has 5 nitrogen and oxygen atoms in total. The Morgan fingerprint density at radius 1 is 0.931 bits per heavy atom. The third-order valence-corrected chi connectivity index (χ3v) is 5.43. The van der Waals surface area contributed by atoms with Crippen molar-refractivity contribution in [3.63, 3.8) is 0 Å². The van der Waals surface area contributed by atoms with E-state index in [1.165, 1.54) is 18.1 Å². The van der Waals surface area contributed by atoms with Gasteiger partial charge in [0, 0.05) is 32.7 Å². The van der Waals surface area contributed by atoms with Gasteiger partial charge in [-0.25, -0.2) is 0 Å². The van der Waals surface area contributed by atoms with Gasteiger partial charge in [0.1, 0.15) is 0 Å². The fourth-order valence-electron chi connectivity index (χ4n) is 3.76. The molecule has 2 aromatic carbocycles. The fourth-order valence-corrected chi connectivity index (χ4v) is 3.76. The molecule has 5 heteroatoms. The largest absolute Gasteiger partial charge is 0.345 e. The van der Waals surface area contributed by atoms with E-state index in [1.54, 1.807) is 0 Å². The van der Waals surface area contributed by atoms with Gasteiger partial charge in [-0.2, -0.15) is 0 Å². The van der Waals surface area contributed by atoms with Gasteiger partial charge in [0.15, 0.2) is 5.78 Å². The van der Waals surface area contributed by atoms with Crippen LogP contribution in [0.1, 0.15) is 23.6 Å². The van der Waals surface area contributed by atoms with E-state index in [9.17, 15) is 9.59 Å². The highest BCUT2D eigenvalue weighted by molar-refractivity contribution is 5.88. The molecule has 154 valence electrons. The lowest BCUT2D eigenvalue weighted by Gasteiger charge is -2.34. The first-order valence-corrected chi connectivity index (χ1v) is 10.3. The quantitative estimate of drug-likeness (QED) is 0.748. The zero-order chi connectivity index (χ0) is 20.6. The summed E-state index contributed by atoms with van der Waals surface area (Å²) in [5.41, 5.74) is 3.67. The molecule has 0 radical (unpaired) electrons. The van der Waals surface area contributed by atoms with E-state index in [1.807, 2.05) is 30.3 Å². The van der Waals surface area contributed by atoms with Gasteiger partial charge in [-0.3, -0.25) is 19.4 Å². The second-order valence-corrected chi connectivity index (χ2v) is 7.96. The zero-order valence-electron chi connectivity index (χ0n) is 17.4. The van der Waals surface area contributed by atoms with E-state index in [0.29, 0.717) is 13.0 Å². The van der Waals surface area contributed by atoms with Crippen LogP contribution in [-0.4, -0.2) is 60.3 Å². The third kappa shape index (κ3) is 6.80. The smallest absolute Gasteiger partial charge is 0.234 e. The SMILES string of the molecule is CC(=O)C(Cc1ccccc1)NC(=O)CN1CCN(Cc2cccc(C)c2)CC1. The monoisotopic (exact) mass is 393 g/mol. The lowest BCUT2D eigenvalue weighted by atomic mass is 10.0. The molecule has 1 N–H and O–H groups in total. The summed E-state index contributed by atoms with van der Waals surface area (Å²) in [6.45, 7) is 8.57. The summed E-state index contributed by atoms with van der Waals surface area (Å²) in [5.74, 6) is -0.0848. The maximum Gasteiger partial charge on any atom is 0.234 e. The highest BCUT2D eigenvalue weighted by atomic mass is 16.2. The van der Waals surface area contributed by atoms with Crippen molar-refractivity contribution in [1.82, 2.24) is 15.1 Å². The van der Waals surface area contributed by atoms with Gasteiger partial charge in [0.2, 0.25) is 5.91 Å². The van der Waals surface area contributed by atoms with Crippen molar-refractivity contribution in [3.05, 3.63) is 71.3 Å². The second kappa shape index (κ2) is 10.3. The standard InChI is InChI=1S/C24H31N3O2/c1-19-7-6-10-22(15-19)17-26-11-13-27(14-12-26)18-24(29)25-23(20(2)28)16-21-8-4-3-5-9-21/h3-10,15,23H,11-14,16-18H2,1-2H3,(H,25,29). The van der Waals surface area contributed by atoms with Crippen LogP contribution in [0.5, 0.6) is 0 Å². The lowest BCUT2D eigenvalue weighted by molar-refractivity contribution is -0.127. The Kier molecular flexibility index (Phi) is 7.55. The number of Topliss-reactive ketones (excluding diaryl/α,β-unsaturated/α-hetero) is 1. The van der Waals surface area contributed by atoms with Crippen LogP contribution in [0.2, 0.25) is 0 Å². The normalized spacial score (nSPS) is 16.3. The fraction of sp³-hybridized carbons (Fsp3) is 0.417. The minimum Gasteiger partial charge on any atom is -0.345 e. The zero-order valence-corrected chi connectivity index (χ0v) is 17.4. The lowest BCUT2D eigenvalue weighted by Crippen LogP contribution is -2.51. The maximum absolute atomic E-state index is 12.5. The first-order chi connectivity index (χ1) is 14.0. The highest BCUT2D eigenvalue weighted by Gasteiger charge is 2.22. The summed E-state index contributed by atoms with van der Waals surface area (Å²) in [4.78, 5) is 29.1. The number of amides is 1. The summed E-state index contributed by atoms with van der Waals surface area (Å²) in [5, 5.41) is 2.93. The summed E-state index contributed by atoms with van der Waals surface area (Å²) < 4.78 is 0. The molecular weight excluding hydrogens is 362 g/mol. The van der Waals surface area contributed by atoms with Gasteiger partial charge >= 0.3 is 0 Å². The molecule has 1 amide bonds. The highest BCUT2D eigenvalue weighted by Crippen LogP contribution is 2.10. The number of benzene rings is 2. The van der Waals surface area contributed by atoms with Crippen LogP contribution in [0.15, 0.2) is 54.6 Å². The number of aryl methyl sites for hydroxylation is 1. The number of carbonyl (C=O) groups is 2. The van der Waals surface area contributed by atoms with Crippen LogP contribution in [-0.2, 0) is 22.6 Å². The minimum absolute atomic E-state index is 0.00910. The molecule has 29 heavy (non-hydrogen) atoms. The predicted molar refractivity (Wildman–Crippen MR) is 116 cm³/mol. The van der Waals surface area contributed by atoms with Crippen molar-refractivity contribution >= 4 is 11.7 Å². The topological polar surface area (TPSA) is 52.7 Å². The van der Waals surface area contributed by atoms with Gasteiger partial charge in [-0.15, -0.1) is 0 Å². The van der Waals surface area contributed by atoms with Crippen molar-refractivity contribution in [3.8, 4) is 0 Å². The number of nitrogens with one attached hydrogen (secondary N) is 1. The van der Waals surface area contributed by atoms with Crippen molar-refractivity contribution in [2.75, 3.05) is 32.7 Å². The molecule has 2 aromatic rings. The van der Waals surface area contributed by atoms with E-state index >= 15 is 0 Å². The van der Waals surface area contributed by atoms with E-state index in [4.69, 9.17) is 0 Å². The molecule has 3 rings (SSSR count). The summed E-state index contributed by atoms with van der Waals surface area (Å²) >= 11 is 0. The van der Waals surface area contributed by atoms with E-state index in [0.717, 1.165) is 38.3 Å². The number of nitrogens with zero attached hydrogens (tertiary/aromatic N) is 2. The first kappa shape index (κ1) is 21.2. The molecule has 0 aromatic heterocycles. The summed E-state index contributed by atoms with van der Waals surface area (Å²) in [6.07, 6.45) is 0.534. The predicted octanol–water partition coefficient (Wildman–Crippen LogP) is 2.43. The maximum atomic E-state index is 12.5. The molecule has 1 fully saturated rings. The minimum atomic E-state index is -0.465. The number of rotatable bonds is 8. The second-order valence-electron chi connectivity index (χ2n) is 7.96. The van der Waals surface area contributed by atoms with Crippen molar-refractivity contribution < 1.29 is 9.59 Å². The molecule has 0 spiro atoms.